The molecule has 25 heavy (non-hydrogen) atoms. The third-order valence-electron chi connectivity index (χ3n) is 3.56. The predicted octanol–water partition coefficient (Wildman–Crippen LogP) is 4.47. The molecule has 1 amide bonds. The number of nitro benzene ring substituents is 1. The average molecular weight is 374 g/mol. The maximum atomic E-state index is 12.3. The van der Waals surface area contributed by atoms with Gasteiger partial charge < -0.3 is 4.42 Å². The molecule has 1 aromatic heterocycles. The number of hydrogen-bond donors (Lipinski definition) is 0. The Morgan fingerprint density at radius 3 is 2.88 bits per heavy atom. The van der Waals surface area contributed by atoms with Crippen LogP contribution in [0.2, 0.25) is 0 Å². The van der Waals surface area contributed by atoms with Gasteiger partial charge in [0.05, 0.1) is 9.83 Å². The fraction of sp³-hybridized carbons (Fsp3) is 0.176. The molecule has 8 heteroatoms. The molecule has 1 aliphatic heterocycles. The Morgan fingerprint density at radius 1 is 1.36 bits per heavy atom. The van der Waals surface area contributed by atoms with Crippen molar-refractivity contribution < 1.29 is 14.1 Å². The highest BCUT2D eigenvalue weighted by Gasteiger charge is 2.31. The van der Waals surface area contributed by atoms with E-state index in [2.05, 4.69) is 0 Å². The summed E-state index contributed by atoms with van der Waals surface area (Å²) in [5.41, 5.74) is 0.600. The van der Waals surface area contributed by atoms with Crippen LogP contribution in [0.5, 0.6) is 0 Å². The first-order valence-corrected chi connectivity index (χ1v) is 8.82. The van der Waals surface area contributed by atoms with Crippen LogP contribution >= 0.6 is 24.0 Å². The Bertz CT molecular complexity index is 888. The number of furan rings is 1. The summed E-state index contributed by atoms with van der Waals surface area (Å²) >= 11 is 6.48. The van der Waals surface area contributed by atoms with Gasteiger partial charge in [0.15, 0.2) is 0 Å². The number of benzene rings is 1. The quantitative estimate of drug-likeness (QED) is 0.333. The Kier molecular flexibility index (Phi) is 5.00. The van der Waals surface area contributed by atoms with E-state index in [1.165, 1.54) is 23.9 Å². The molecule has 1 fully saturated rings. The summed E-state index contributed by atoms with van der Waals surface area (Å²) in [6.45, 7) is 2.58. The second-order valence-corrected chi connectivity index (χ2v) is 7.02. The van der Waals surface area contributed by atoms with Crippen LogP contribution in [0.15, 0.2) is 45.7 Å². The summed E-state index contributed by atoms with van der Waals surface area (Å²) in [6.07, 6.45) is 2.48. The number of non-ortho nitro benzene ring substituents is 1. The molecular formula is C17H14N2O4S2. The minimum absolute atomic E-state index is 0.00381. The van der Waals surface area contributed by atoms with Crippen molar-refractivity contribution in [3.05, 3.63) is 57.2 Å². The normalized spacial score (nSPS) is 16.0. The molecule has 6 nitrogen and oxygen atoms in total. The van der Waals surface area contributed by atoms with Gasteiger partial charge in [-0.2, -0.15) is 0 Å². The van der Waals surface area contributed by atoms with Crippen LogP contribution < -0.4 is 0 Å². The molecule has 128 valence electrons. The molecule has 1 aliphatic rings. The standard InChI is InChI=1S/C17H14N2O4S2/c1-2-8-18-16(20)15(25-17(18)24)10-13-6-7-14(23-13)11-4-3-5-12(9-11)19(21)22/h3-7,9-10H,2,8H2,1H3. The summed E-state index contributed by atoms with van der Waals surface area (Å²) in [4.78, 5) is 24.9. The smallest absolute Gasteiger partial charge is 0.270 e. The monoisotopic (exact) mass is 374 g/mol. The Hall–Kier alpha value is -2.45. The van der Waals surface area contributed by atoms with E-state index in [4.69, 9.17) is 16.6 Å². The maximum Gasteiger partial charge on any atom is 0.270 e. The van der Waals surface area contributed by atoms with Gasteiger partial charge in [0, 0.05) is 30.3 Å². The van der Waals surface area contributed by atoms with Crippen molar-refractivity contribution in [3.8, 4) is 11.3 Å². The average Bonchev–Trinajstić information content (AvgIpc) is 3.16. The van der Waals surface area contributed by atoms with E-state index >= 15 is 0 Å². The number of nitrogens with zero attached hydrogens (tertiary/aromatic N) is 2. The molecule has 1 saturated heterocycles. The SMILES string of the molecule is CCCN1C(=O)C(=Cc2ccc(-c3cccc([N+](=O)[O-])c3)o2)SC1=S. The van der Waals surface area contributed by atoms with Gasteiger partial charge in [-0.05, 0) is 18.6 Å². The van der Waals surface area contributed by atoms with Crippen molar-refractivity contribution in [3.63, 3.8) is 0 Å². The summed E-state index contributed by atoms with van der Waals surface area (Å²) in [7, 11) is 0. The lowest BCUT2D eigenvalue weighted by Crippen LogP contribution is -2.28. The van der Waals surface area contributed by atoms with Crippen molar-refractivity contribution >= 4 is 46.0 Å². The summed E-state index contributed by atoms with van der Waals surface area (Å²) in [5, 5.41) is 10.9. The van der Waals surface area contributed by atoms with Gasteiger partial charge in [0.25, 0.3) is 11.6 Å². The van der Waals surface area contributed by atoms with E-state index in [1.54, 1.807) is 35.2 Å². The van der Waals surface area contributed by atoms with Crippen LogP contribution in [0, 0.1) is 10.1 Å². The van der Waals surface area contributed by atoms with E-state index < -0.39 is 4.92 Å². The first-order valence-electron chi connectivity index (χ1n) is 7.59. The van der Waals surface area contributed by atoms with E-state index in [0.717, 1.165) is 6.42 Å². The minimum Gasteiger partial charge on any atom is -0.457 e. The predicted molar refractivity (Wildman–Crippen MR) is 101 cm³/mol. The Labute approximate surface area is 153 Å². The molecule has 0 bridgehead atoms. The topological polar surface area (TPSA) is 76.6 Å². The van der Waals surface area contributed by atoms with Gasteiger partial charge in [0.2, 0.25) is 0 Å². The molecular weight excluding hydrogens is 360 g/mol. The Morgan fingerprint density at radius 2 is 2.16 bits per heavy atom. The van der Waals surface area contributed by atoms with Crippen molar-refractivity contribution in [2.45, 2.75) is 13.3 Å². The van der Waals surface area contributed by atoms with Crippen molar-refractivity contribution in [1.82, 2.24) is 4.90 Å². The Balaban J connectivity index is 1.85. The van der Waals surface area contributed by atoms with Gasteiger partial charge in [-0.1, -0.05) is 43.0 Å². The van der Waals surface area contributed by atoms with E-state index in [0.29, 0.717) is 32.9 Å². The van der Waals surface area contributed by atoms with E-state index in [9.17, 15) is 14.9 Å². The van der Waals surface area contributed by atoms with Crippen molar-refractivity contribution in [2.75, 3.05) is 6.54 Å². The van der Waals surface area contributed by atoms with Crippen LogP contribution in [0.1, 0.15) is 19.1 Å². The molecule has 2 heterocycles. The fourth-order valence-electron chi connectivity index (χ4n) is 2.40. The van der Waals surface area contributed by atoms with Crippen LogP contribution in [0.4, 0.5) is 5.69 Å². The lowest BCUT2D eigenvalue weighted by molar-refractivity contribution is -0.384. The number of amides is 1. The lowest BCUT2D eigenvalue weighted by atomic mass is 10.1. The highest BCUT2D eigenvalue weighted by Crippen LogP contribution is 2.34. The van der Waals surface area contributed by atoms with Crippen LogP contribution in [0.25, 0.3) is 17.4 Å². The first kappa shape index (κ1) is 17.4. The molecule has 0 atom stereocenters. The third-order valence-corrected chi connectivity index (χ3v) is 4.94. The van der Waals surface area contributed by atoms with Crippen LogP contribution in [0.3, 0.4) is 0 Å². The highest BCUT2D eigenvalue weighted by atomic mass is 32.2. The molecule has 1 aromatic carbocycles. The second kappa shape index (κ2) is 7.20. The third kappa shape index (κ3) is 3.64. The molecule has 0 unspecified atom stereocenters. The number of hydrogen-bond acceptors (Lipinski definition) is 6. The number of thiocarbonyl (C=S) groups is 1. The van der Waals surface area contributed by atoms with E-state index in [-0.39, 0.29) is 11.6 Å². The summed E-state index contributed by atoms with van der Waals surface area (Å²) in [5.74, 6) is 0.877. The van der Waals surface area contributed by atoms with E-state index in [1.807, 2.05) is 6.92 Å². The fourth-order valence-corrected chi connectivity index (χ4v) is 3.69. The largest absolute Gasteiger partial charge is 0.457 e. The summed E-state index contributed by atoms with van der Waals surface area (Å²) in [6, 6.07) is 9.65. The molecule has 0 saturated carbocycles. The van der Waals surface area contributed by atoms with Gasteiger partial charge >= 0.3 is 0 Å². The van der Waals surface area contributed by atoms with Gasteiger partial charge in [-0.15, -0.1) is 0 Å². The molecule has 0 aliphatic carbocycles. The highest BCUT2D eigenvalue weighted by molar-refractivity contribution is 8.26. The number of carbonyl (C=O) groups excluding carboxylic acids is 1. The van der Waals surface area contributed by atoms with Gasteiger partial charge in [-0.25, -0.2) is 0 Å². The zero-order valence-corrected chi connectivity index (χ0v) is 14.9. The number of rotatable bonds is 5. The molecule has 0 radical (unpaired) electrons. The number of nitro groups is 1. The molecule has 0 N–H and O–H groups in total. The maximum absolute atomic E-state index is 12.3. The van der Waals surface area contributed by atoms with Crippen LogP contribution in [-0.4, -0.2) is 26.6 Å². The van der Waals surface area contributed by atoms with Gasteiger partial charge in [0.1, 0.15) is 15.8 Å². The number of carbonyl (C=O) groups is 1. The van der Waals surface area contributed by atoms with Gasteiger partial charge in [-0.3, -0.25) is 19.8 Å². The lowest BCUT2D eigenvalue weighted by Gasteiger charge is -2.11. The summed E-state index contributed by atoms with van der Waals surface area (Å²) < 4.78 is 6.26. The zero-order chi connectivity index (χ0) is 18.0. The second-order valence-electron chi connectivity index (χ2n) is 5.34. The van der Waals surface area contributed by atoms with Crippen molar-refractivity contribution in [2.24, 2.45) is 0 Å². The number of thioether (sulfide) groups is 1. The molecule has 0 spiro atoms. The van der Waals surface area contributed by atoms with Crippen molar-refractivity contribution in [1.29, 1.82) is 0 Å². The van der Waals surface area contributed by atoms with Crippen LogP contribution in [-0.2, 0) is 4.79 Å². The first-order chi connectivity index (χ1) is 12.0. The minimum atomic E-state index is -0.452. The zero-order valence-electron chi connectivity index (χ0n) is 13.3. The molecule has 3 rings (SSSR count). The molecule has 2 aromatic rings.